The number of hydrogen-bond acceptors (Lipinski definition) is 3. The van der Waals surface area contributed by atoms with E-state index in [4.69, 9.17) is 15.0 Å². The molecule has 286 valence electrons. The van der Waals surface area contributed by atoms with Gasteiger partial charge in [0.15, 0.2) is 17.5 Å². The second-order valence-electron chi connectivity index (χ2n) is 15.5. The first-order valence-corrected chi connectivity index (χ1v) is 20.8. The van der Waals surface area contributed by atoms with Crippen LogP contribution < -0.4 is 0 Å². The van der Waals surface area contributed by atoms with Crippen molar-refractivity contribution in [2.24, 2.45) is 0 Å². The number of nitrogens with zero attached hydrogens (tertiary/aromatic N) is 3. The first-order chi connectivity index (χ1) is 30.2. The van der Waals surface area contributed by atoms with Crippen LogP contribution >= 0.6 is 0 Å². The maximum Gasteiger partial charge on any atom is 0.164 e. The monoisotopic (exact) mass is 777 g/mol. The van der Waals surface area contributed by atoms with Crippen LogP contribution in [0.2, 0.25) is 0 Å². The van der Waals surface area contributed by atoms with Crippen LogP contribution in [0.15, 0.2) is 237 Å². The number of fused-ring (bicyclic) bond motifs is 3. The molecule has 0 amide bonds. The van der Waals surface area contributed by atoms with Crippen molar-refractivity contribution < 1.29 is 0 Å². The van der Waals surface area contributed by atoms with E-state index < -0.39 is 5.41 Å². The van der Waals surface area contributed by atoms with E-state index in [2.05, 4.69) is 212 Å². The Bertz CT molecular complexity index is 3120. The van der Waals surface area contributed by atoms with Crippen molar-refractivity contribution in [3.8, 4) is 78.7 Å². The predicted molar refractivity (Wildman–Crippen MR) is 250 cm³/mol. The summed E-state index contributed by atoms with van der Waals surface area (Å²) >= 11 is 0. The zero-order chi connectivity index (χ0) is 40.6. The highest BCUT2D eigenvalue weighted by molar-refractivity contribution is 5.92. The van der Waals surface area contributed by atoms with Crippen LogP contribution in [0.5, 0.6) is 0 Å². The molecule has 0 bridgehead atoms. The van der Waals surface area contributed by atoms with Gasteiger partial charge in [0, 0.05) is 16.7 Å². The summed E-state index contributed by atoms with van der Waals surface area (Å²) in [6.45, 7) is 0. The minimum Gasteiger partial charge on any atom is -0.208 e. The molecule has 0 fully saturated rings. The number of aromatic nitrogens is 3. The van der Waals surface area contributed by atoms with Crippen molar-refractivity contribution >= 4 is 0 Å². The first kappa shape index (κ1) is 36.1. The minimum absolute atomic E-state index is 0.496. The van der Waals surface area contributed by atoms with Gasteiger partial charge in [0.05, 0.1) is 5.41 Å². The quantitative estimate of drug-likeness (QED) is 0.154. The van der Waals surface area contributed by atoms with E-state index in [0.29, 0.717) is 17.5 Å². The Morgan fingerprint density at radius 3 is 1.31 bits per heavy atom. The smallest absolute Gasteiger partial charge is 0.164 e. The maximum absolute atomic E-state index is 5.21. The average molecular weight is 778 g/mol. The molecule has 61 heavy (non-hydrogen) atoms. The third kappa shape index (κ3) is 6.35. The highest BCUT2D eigenvalue weighted by Crippen LogP contribution is 2.57. The van der Waals surface area contributed by atoms with Gasteiger partial charge >= 0.3 is 0 Å². The Balaban J connectivity index is 1.10. The minimum atomic E-state index is -0.496. The third-order valence-electron chi connectivity index (χ3n) is 12.0. The Kier molecular flexibility index (Phi) is 9.05. The zero-order valence-corrected chi connectivity index (χ0v) is 33.4. The second kappa shape index (κ2) is 15.3. The lowest BCUT2D eigenvalue weighted by atomic mass is 9.67. The van der Waals surface area contributed by atoms with Crippen LogP contribution in [-0.4, -0.2) is 15.0 Å². The molecule has 0 aliphatic heterocycles. The van der Waals surface area contributed by atoms with Crippen LogP contribution in [0.25, 0.3) is 78.7 Å². The van der Waals surface area contributed by atoms with E-state index in [1.807, 2.05) is 24.3 Å². The molecular formula is C58H39N3. The third-order valence-corrected chi connectivity index (χ3v) is 12.0. The van der Waals surface area contributed by atoms with Crippen molar-refractivity contribution in [3.05, 3.63) is 259 Å². The van der Waals surface area contributed by atoms with Crippen molar-refractivity contribution in [1.82, 2.24) is 15.0 Å². The molecule has 0 atom stereocenters. The normalized spacial score (nSPS) is 12.4. The number of benzene rings is 9. The van der Waals surface area contributed by atoms with Crippen molar-refractivity contribution in [2.75, 3.05) is 0 Å². The molecule has 1 aliphatic rings. The molecule has 0 N–H and O–H groups in total. The molecule has 11 rings (SSSR count). The van der Waals surface area contributed by atoms with Gasteiger partial charge in [-0.2, -0.15) is 0 Å². The molecule has 0 saturated carbocycles. The molecule has 0 unspecified atom stereocenters. The van der Waals surface area contributed by atoms with E-state index in [-0.39, 0.29) is 0 Å². The fourth-order valence-electron chi connectivity index (χ4n) is 9.22. The summed E-state index contributed by atoms with van der Waals surface area (Å²) < 4.78 is 0. The molecule has 0 spiro atoms. The van der Waals surface area contributed by atoms with Crippen LogP contribution in [0.1, 0.15) is 22.3 Å². The molecule has 1 aliphatic carbocycles. The Morgan fingerprint density at radius 2 is 0.672 bits per heavy atom. The summed E-state index contributed by atoms with van der Waals surface area (Å²) in [5.74, 6) is 1.88. The van der Waals surface area contributed by atoms with Gasteiger partial charge in [-0.3, -0.25) is 0 Å². The molecule has 1 heterocycles. The van der Waals surface area contributed by atoms with Crippen LogP contribution in [0.3, 0.4) is 0 Å². The molecule has 3 heteroatoms. The topological polar surface area (TPSA) is 38.7 Å². The Morgan fingerprint density at radius 1 is 0.230 bits per heavy atom. The van der Waals surface area contributed by atoms with Gasteiger partial charge in [0.25, 0.3) is 0 Å². The molecule has 9 aromatic carbocycles. The number of hydrogen-bond donors (Lipinski definition) is 0. The SMILES string of the molecule is c1ccc(-c2cccc(-c3nc(-c4ccccc4)nc(-c4ccc(-c5ccc6c(c5)C(c5ccccc5)(c5ccccc5)c5ccccc5-6)c(-c5ccccc5)c4)n3)c2)cc1. The predicted octanol–water partition coefficient (Wildman–Crippen LogP) is 14.2. The van der Waals surface area contributed by atoms with E-state index in [1.165, 1.54) is 33.4 Å². The molecule has 10 aromatic rings. The van der Waals surface area contributed by atoms with Gasteiger partial charge in [-0.25, -0.2) is 15.0 Å². The van der Waals surface area contributed by atoms with E-state index >= 15 is 0 Å². The Labute approximate surface area is 356 Å². The fraction of sp³-hybridized carbons (Fsp3) is 0.0172. The summed E-state index contributed by atoms with van der Waals surface area (Å²) in [4.78, 5) is 15.4. The van der Waals surface area contributed by atoms with E-state index in [9.17, 15) is 0 Å². The molecule has 1 aromatic heterocycles. The van der Waals surface area contributed by atoms with E-state index in [0.717, 1.165) is 50.1 Å². The summed E-state index contributed by atoms with van der Waals surface area (Å²) in [5.41, 5.74) is 16.6. The standard InChI is InChI=1S/C58H39N3/c1-6-19-40(20-7-1)43-25-18-26-45(37-43)56-59-55(42-23-10-3-11-24-42)60-57(61-56)46-34-35-49(52(38-46)41-21-8-2-9-22-41)44-33-36-51-50-31-16-17-32-53(50)58(54(51)39-44,47-27-12-4-13-28-47)48-29-14-5-15-30-48/h1-39H. The largest absolute Gasteiger partial charge is 0.208 e. The molecule has 0 radical (unpaired) electrons. The van der Waals surface area contributed by atoms with Crippen LogP contribution in [-0.2, 0) is 5.41 Å². The molecule has 3 nitrogen and oxygen atoms in total. The summed E-state index contributed by atoms with van der Waals surface area (Å²) in [6, 6.07) is 84.3. The maximum atomic E-state index is 5.21. The summed E-state index contributed by atoms with van der Waals surface area (Å²) in [7, 11) is 0. The lowest BCUT2D eigenvalue weighted by Gasteiger charge is -2.34. The van der Waals surface area contributed by atoms with Gasteiger partial charge in [0.2, 0.25) is 0 Å². The number of rotatable bonds is 8. The van der Waals surface area contributed by atoms with E-state index in [1.54, 1.807) is 0 Å². The highest BCUT2D eigenvalue weighted by atomic mass is 15.0. The lowest BCUT2D eigenvalue weighted by molar-refractivity contribution is 0.769. The van der Waals surface area contributed by atoms with Gasteiger partial charge in [-0.15, -0.1) is 0 Å². The molecular weight excluding hydrogens is 739 g/mol. The summed E-state index contributed by atoms with van der Waals surface area (Å²) in [6.07, 6.45) is 0. The van der Waals surface area contributed by atoms with Crippen molar-refractivity contribution in [1.29, 1.82) is 0 Å². The lowest BCUT2D eigenvalue weighted by Crippen LogP contribution is -2.28. The van der Waals surface area contributed by atoms with Crippen molar-refractivity contribution in [2.45, 2.75) is 5.41 Å². The Hall–Kier alpha value is -8.01. The van der Waals surface area contributed by atoms with Gasteiger partial charge < -0.3 is 0 Å². The molecule has 0 saturated heterocycles. The van der Waals surface area contributed by atoms with Gasteiger partial charge in [-0.05, 0) is 85.0 Å². The zero-order valence-electron chi connectivity index (χ0n) is 33.4. The van der Waals surface area contributed by atoms with Crippen LogP contribution in [0.4, 0.5) is 0 Å². The van der Waals surface area contributed by atoms with Crippen molar-refractivity contribution in [3.63, 3.8) is 0 Å². The summed E-state index contributed by atoms with van der Waals surface area (Å²) in [5, 5.41) is 0. The van der Waals surface area contributed by atoms with Crippen LogP contribution in [0, 0.1) is 0 Å². The highest BCUT2D eigenvalue weighted by Gasteiger charge is 2.46. The second-order valence-corrected chi connectivity index (χ2v) is 15.5. The average Bonchev–Trinajstić information content (AvgIpc) is 3.65. The van der Waals surface area contributed by atoms with Gasteiger partial charge in [-0.1, -0.05) is 218 Å². The fourth-order valence-corrected chi connectivity index (χ4v) is 9.22. The first-order valence-electron chi connectivity index (χ1n) is 20.8. The van der Waals surface area contributed by atoms with Gasteiger partial charge in [0.1, 0.15) is 0 Å².